The van der Waals surface area contributed by atoms with Gasteiger partial charge >= 0.3 is 0 Å². The number of nitrogens with zero attached hydrogens (tertiary/aromatic N) is 2. The molecule has 0 N–H and O–H groups in total. The van der Waals surface area contributed by atoms with E-state index in [4.69, 9.17) is 9.47 Å². The van der Waals surface area contributed by atoms with E-state index in [0.29, 0.717) is 36.1 Å². The average Bonchev–Trinajstić information content (AvgIpc) is 3.15. The zero-order chi connectivity index (χ0) is 24.0. The van der Waals surface area contributed by atoms with Gasteiger partial charge in [0.25, 0.3) is 0 Å². The van der Waals surface area contributed by atoms with Gasteiger partial charge < -0.3 is 9.47 Å². The minimum Gasteiger partial charge on any atom is -0.490 e. The molecule has 2 aromatic rings. The third kappa shape index (κ3) is 3.14. The van der Waals surface area contributed by atoms with Crippen LogP contribution in [0.25, 0.3) is 0 Å². The number of hydrogen-bond acceptors (Lipinski definition) is 6. The van der Waals surface area contributed by atoms with Gasteiger partial charge in [0.05, 0.1) is 35.0 Å². The lowest BCUT2D eigenvalue weighted by Crippen LogP contribution is -2.50. The third-order valence-corrected chi connectivity index (χ3v) is 6.50. The zero-order valence-electron chi connectivity index (χ0n) is 18.3. The molecule has 3 aliphatic rings. The molecule has 0 radical (unpaired) electrons. The van der Waals surface area contributed by atoms with Crippen molar-refractivity contribution in [2.45, 2.75) is 0 Å². The van der Waals surface area contributed by atoms with E-state index in [-0.39, 0.29) is 0 Å². The Hall–Kier alpha value is -4.20. The Morgan fingerprint density at radius 2 is 0.882 bits per heavy atom. The summed E-state index contributed by atoms with van der Waals surface area (Å²) in [5.74, 6) is -3.97. The Labute approximate surface area is 196 Å². The van der Waals surface area contributed by atoms with E-state index in [1.165, 1.54) is 0 Å². The van der Waals surface area contributed by atoms with E-state index in [1.807, 2.05) is 0 Å². The molecule has 34 heavy (non-hydrogen) atoms. The summed E-state index contributed by atoms with van der Waals surface area (Å²) in [4.78, 5) is 54.9. The molecule has 0 unspecified atom stereocenters. The Balaban J connectivity index is 1.36. The second-order valence-corrected chi connectivity index (χ2v) is 8.31. The molecule has 4 amide bonds. The predicted octanol–water partition coefficient (Wildman–Crippen LogP) is 2.74. The number of fused-ring (bicyclic) bond motifs is 4. The standard InChI is InChI=1S/C26H22N2O6/c1-3-13-33-17-9-5-15(6-10-17)27-23(29)19-20(24(27)30)22-21(19)25(31)28(26(22)32)16-7-11-18(12-8-16)34-14-4-2/h3-12,19-22H,1-2,13-14H2. The van der Waals surface area contributed by atoms with Gasteiger partial charge in [-0.3, -0.25) is 29.0 Å². The minimum atomic E-state index is -0.828. The molecule has 1 saturated carbocycles. The van der Waals surface area contributed by atoms with Gasteiger partial charge in [-0.25, -0.2) is 0 Å². The number of amides is 4. The molecule has 8 heteroatoms. The van der Waals surface area contributed by atoms with Crippen LogP contribution in [0.4, 0.5) is 11.4 Å². The van der Waals surface area contributed by atoms with E-state index in [9.17, 15) is 19.2 Å². The number of imide groups is 2. The van der Waals surface area contributed by atoms with E-state index < -0.39 is 47.3 Å². The quantitative estimate of drug-likeness (QED) is 0.446. The van der Waals surface area contributed by atoms with E-state index in [1.54, 1.807) is 60.7 Å². The van der Waals surface area contributed by atoms with Crippen molar-refractivity contribution in [1.82, 2.24) is 0 Å². The van der Waals surface area contributed by atoms with Crippen LogP contribution in [0.3, 0.4) is 0 Å². The molecule has 1 aliphatic carbocycles. The van der Waals surface area contributed by atoms with Gasteiger partial charge in [-0.2, -0.15) is 0 Å². The Morgan fingerprint density at radius 3 is 1.15 bits per heavy atom. The highest BCUT2D eigenvalue weighted by molar-refractivity contribution is 6.32. The molecule has 0 atom stereocenters. The summed E-state index contributed by atoms with van der Waals surface area (Å²) in [6.07, 6.45) is 3.22. The topological polar surface area (TPSA) is 93.2 Å². The number of carbonyl (C=O) groups excluding carboxylic acids is 4. The van der Waals surface area contributed by atoms with Gasteiger partial charge in [-0.1, -0.05) is 25.3 Å². The summed E-state index contributed by atoms with van der Waals surface area (Å²) in [6, 6.07) is 13.1. The lowest BCUT2D eigenvalue weighted by Gasteiger charge is -2.36. The third-order valence-electron chi connectivity index (χ3n) is 6.50. The van der Waals surface area contributed by atoms with Crippen LogP contribution >= 0.6 is 0 Å². The molecule has 0 bridgehead atoms. The summed E-state index contributed by atoms with van der Waals surface area (Å²) < 4.78 is 10.9. The fraction of sp³-hybridized carbons (Fsp3) is 0.231. The summed E-state index contributed by atoms with van der Waals surface area (Å²) >= 11 is 0. The van der Waals surface area contributed by atoms with E-state index in [0.717, 1.165) is 9.80 Å². The maximum absolute atomic E-state index is 13.2. The zero-order valence-corrected chi connectivity index (χ0v) is 18.3. The van der Waals surface area contributed by atoms with Gasteiger partial charge in [0.2, 0.25) is 23.6 Å². The number of ether oxygens (including phenoxy) is 2. The fourth-order valence-electron chi connectivity index (χ4n) is 4.99. The largest absolute Gasteiger partial charge is 0.490 e. The van der Waals surface area contributed by atoms with Crippen molar-refractivity contribution < 1.29 is 28.7 Å². The van der Waals surface area contributed by atoms with Crippen molar-refractivity contribution in [3.05, 3.63) is 73.8 Å². The first kappa shape index (κ1) is 21.6. The van der Waals surface area contributed by atoms with Crippen LogP contribution in [-0.2, 0) is 19.2 Å². The van der Waals surface area contributed by atoms with Gasteiger partial charge in [-0.15, -0.1) is 0 Å². The number of benzene rings is 2. The van der Waals surface area contributed by atoms with Crippen molar-refractivity contribution in [3.8, 4) is 11.5 Å². The molecule has 8 nitrogen and oxygen atoms in total. The van der Waals surface area contributed by atoms with Crippen molar-refractivity contribution in [3.63, 3.8) is 0 Å². The van der Waals surface area contributed by atoms with Crippen molar-refractivity contribution >= 4 is 35.0 Å². The molecule has 2 saturated heterocycles. The second kappa shape index (κ2) is 8.30. The van der Waals surface area contributed by atoms with Crippen LogP contribution in [0.1, 0.15) is 0 Å². The molecular formula is C26H22N2O6. The van der Waals surface area contributed by atoms with Crippen LogP contribution in [0.15, 0.2) is 73.8 Å². The van der Waals surface area contributed by atoms with Crippen molar-refractivity contribution in [2.24, 2.45) is 23.7 Å². The predicted molar refractivity (Wildman–Crippen MR) is 123 cm³/mol. The van der Waals surface area contributed by atoms with Crippen LogP contribution in [-0.4, -0.2) is 36.8 Å². The fourth-order valence-corrected chi connectivity index (χ4v) is 4.99. The monoisotopic (exact) mass is 458 g/mol. The highest BCUT2D eigenvalue weighted by Gasteiger charge is 2.73. The number of anilines is 2. The Bertz CT molecular complexity index is 1060. The lowest BCUT2D eigenvalue weighted by atomic mass is 9.59. The molecule has 3 fully saturated rings. The number of hydrogen-bond donors (Lipinski definition) is 0. The number of rotatable bonds is 8. The number of carbonyl (C=O) groups is 4. The molecule has 0 spiro atoms. The smallest absolute Gasteiger partial charge is 0.238 e. The SMILES string of the molecule is C=CCOc1ccc(N2C(=O)C3C(C2=O)C2C(=O)N(c4ccc(OCC=C)cc4)C(=O)C32)cc1. The highest BCUT2D eigenvalue weighted by Crippen LogP contribution is 2.57. The normalized spacial score (nSPS) is 25.1. The van der Waals surface area contributed by atoms with Crippen LogP contribution < -0.4 is 19.3 Å². The van der Waals surface area contributed by atoms with Crippen molar-refractivity contribution in [1.29, 1.82) is 0 Å². The second-order valence-electron chi connectivity index (χ2n) is 8.31. The maximum Gasteiger partial charge on any atom is 0.238 e. The van der Waals surface area contributed by atoms with Gasteiger partial charge in [0, 0.05) is 0 Å². The lowest BCUT2D eigenvalue weighted by molar-refractivity contribution is -0.146. The average molecular weight is 458 g/mol. The highest BCUT2D eigenvalue weighted by atomic mass is 16.5. The van der Waals surface area contributed by atoms with Crippen molar-refractivity contribution in [2.75, 3.05) is 23.0 Å². The van der Waals surface area contributed by atoms with Gasteiger partial charge in [0.1, 0.15) is 24.7 Å². The van der Waals surface area contributed by atoms with E-state index >= 15 is 0 Å². The first-order valence-electron chi connectivity index (χ1n) is 10.9. The molecule has 2 heterocycles. The Morgan fingerprint density at radius 1 is 0.588 bits per heavy atom. The first-order valence-corrected chi connectivity index (χ1v) is 10.9. The molecule has 2 aliphatic heterocycles. The van der Waals surface area contributed by atoms with Crippen LogP contribution in [0, 0.1) is 23.7 Å². The molecule has 172 valence electrons. The van der Waals surface area contributed by atoms with E-state index in [2.05, 4.69) is 13.2 Å². The molecular weight excluding hydrogens is 436 g/mol. The summed E-state index contributed by atoms with van der Waals surface area (Å²) in [6.45, 7) is 7.84. The van der Waals surface area contributed by atoms with Crippen LogP contribution in [0.2, 0.25) is 0 Å². The van der Waals surface area contributed by atoms with Gasteiger partial charge in [0.15, 0.2) is 0 Å². The molecule has 2 aromatic carbocycles. The molecule has 5 rings (SSSR count). The first-order chi connectivity index (χ1) is 16.5. The van der Waals surface area contributed by atoms with Crippen LogP contribution in [0.5, 0.6) is 11.5 Å². The minimum absolute atomic E-state index is 0.333. The summed E-state index contributed by atoms with van der Waals surface area (Å²) in [5, 5.41) is 0. The maximum atomic E-state index is 13.2. The molecule has 0 aromatic heterocycles. The summed E-state index contributed by atoms with van der Waals surface area (Å²) in [5.41, 5.74) is 0.778. The van der Waals surface area contributed by atoms with Gasteiger partial charge in [-0.05, 0) is 48.5 Å². The summed E-state index contributed by atoms with van der Waals surface area (Å²) in [7, 11) is 0. The Kier molecular flexibility index (Phi) is 5.28.